The van der Waals surface area contributed by atoms with E-state index < -0.39 is 29.9 Å². The van der Waals surface area contributed by atoms with Crippen molar-refractivity contribution in [2.75, 3.05) is 11.9 Å². The number of anilines is 1. The summed E-state index contributed by atoms with van der Waals surface area (Å²) in [7, 11) is 0. The smallest absolute Gasteiger partial charge is 0.310 e. The monoisotopic (exact) mass is 400 g/mol. The number of nitrogens with zero attached hydrogens (tertiary/aromatic N) is 4. The highest BCUT2D eigenvalue weighted by atomic mass is 19.3. The Hall–Kier alpha value is -3.61. The van der Waals surface area contributed by atoms with E-state index >= 15 is 0 Å². The first-order valence-corrected chi connectivity index (χ1v) is 8.60. The van der Waals surface area contributed by atoms with Gasteiger partial charge in [0.25, 0.3) is 6.02 Å². The Morgan fingerprint density at radius 1 is 1.31 bits per heavy atom. The van der Waals surface area contributed by atoms with Gasteiger partial charge in [0.15, 0.2) is 18.0 Å². The molecule has 10 heteroatoms. The Balaban J connectivity index is 1.74. The molecule has 2 aliphatic rings. The van der Waals surface area contributed by atoms with E-state index in [1.54, 1.807) is 12.1 Å². The fourth-order valence-corrected chi connectivity index (χ4v) is 3.21. The molecule has 3 heterocycles. The van der Waals surface area contributed by atoms with Gasteiger partial charge in [-0.25, -0.2) is 9.38 Å². The minimum Gasteiger partial charge on any atom is -0.459 e. The molecule has 0 saturated heterocycles. The van der Waals surface area contributed by atoms with Crippen LogP contribution in [-0.4, -0.2) is 29.4 Å². The van der Waals surface area contributed by atoms with Crippen LogP contribution in [-0.2, 0) is 16.8 Å². The molecule has 0 saturated carbocycles. The Kier molecular flexibility index (Phi) is 4.19. The van der Waals surface area contributed by atoms with Crippen LogP contribution in [0.5, 0.6) is 0 Å². The van der Waals surface area contributed by atoms with Gasteiger partial charge in [0.1, 0.15) is 17.6 Å². The molecule has 0 aliphatic carbocycles. The number of aromatic nitrogens is 1. The van der Waals surface area contributed by atoms with Crippen molar-refractivity contribution in [1.29, 1.82) is 5.26 Å². The number of benzene rings is 1. The lowest BCUT2D eigenvalue weighted by molar-refractivity contribution is -0.117. The number of hydrogen-bond donors (Lipinski definition) is 2. The molecule has 0 radical (unpaired) electrons. The second-order valence-electron chi connectivity index (χ2n) is 6.84. The number of nitrogens with one attached hydrogen (secondary N) is 1. The number of fused-ring (bicyclic) bond motifs is 1. The highest BCUT2D eigenvalue weighted by Gasteiger charge is 2.56. The van der Waals surface area contributed by atoms with Gasteiger partial charge in [-0.05, 0) is 31.2 Å². The molecule has 148 valence electrons. The predicted molar refractivity (Wildman–Crippen MR) is 99.1 cm³/mol. The Morgan fingerprint density at radius 3 is 2.79 bits per heavy atom. The van der Waals surface area contributed by atoms with Crippen LogP contribution in [0.25, 0.3) is 0 Å². The highest BCUT2D eigenvalue weighted by molar-refractivity contribution is 6.08. The molecular weight excluding hydrogens is 385 g/mol. The van der Waals surface area contributed by atoms with Crippen LogP contribution < -0.4 is 11.1 Å². The van der Waals surface area contributed by atoms with Gasteiger partial charge in [-0.2, -0.15) is 14.0 Å². The third-order valence-corrected chi connectivity index (χ3v) is 4.96. The van der Waals surface area contributed by atoms with E-state index in [4.69, 9.17) is 11.0 Å². The Bertz CT molecular complexity index is 1090. The van der Waals surface area contributed by atoms with Crippen LogP contribution in [0.1, 0.15) is 29.3 Å². The standard InChI is InChI=1S/C19H15F3N6O/c1-18(19(21,22)9-29-17(24)28-18)12-5-15-11(4-13(12)20)8-26-16(27-15)14-3-2-10(6-23)7-25-14/h2-5,7H,8-9H2,1H3,(H2,24,28)(H,26,27)/t18-/m1/s1. The summed E-state index contributed by atoms with van der Waals surface area (Å²) in [6.45, 7) is 0.260. The summed E-state index contributed by atoms with van der Waals surface area (Å²) in [5, 5.41) is 11.9. The Morgan fingerprint density at radius 2 is 2.10 bits per heavy atom. The lowest BCUT2D eigenvalue weighted by Crippen LogP contribution is -2.51. The second kappa shape index (κ2) is 6.48. The molecule has 0 amide bonds. The molecule has 0 fully saturated rings. The number of halogens is 3. The topological polar surface area (TPSA) is 109 Å². The zero-order valence-electron chi connectivity index (χ0n) is 15.2. The molecule has 1 aromatic carbocycles. The quantitative estimate of drug-likeness (QED) is 0.806. The molecule has 29 heavy (non-hydrogen) atoms. The van der Waals surface area contributed by atoms with Crippen LogP contribution in [0.4, 0.5) is 18.9 Å². The number of hydrogen-bond acceptors (Lipinski definition) is 7. The van der Waals surface area contributed by atoms with E-state index in [0.717, 1.165) is 13.0 Å². The number of alkyl halides is 2. The maximum atomic E-state index is 14.8. The van der Waals surface area contributed by atoms with Crippen molar-refractivity contribution in [2.45, 2.75) is 24.9 Å². The molecule has 0 spiro atoms. The molecule has 0 bridgehead atoms. The summed E-state index contributed by atoms with van der Waals surface area (Å²) in [4.78, 5) is 12.2. The summed E-state index contributed by atoms with van der Waals surface area (Å²) in [5.74, 6) is -3.92. The first-order chi connectivity index (χ1) is 13.7. The first kappa shape index (κ1) is 18.7. The second-order valence-corrected chi connectivity index (χ2v) is 6.84. The number of amidine groups is 2. The molecule has 1 aromatic heterocycles. The van der Waals surface area contributed by atoms with E-state index in [1.165, 1.54) is 12.3 Å². The van der Waals surface area contributed by atoms with Gasteiger partial charge in [0, 0.05) is 23.0 Å². The third-order valence-electron chi connectivity index (χ3n) is 4.96. The van der Waals surface area contributed by atoms with Gasteiger partial charge in [0.2, 0.25) is 0 Å². The van der Waals surface area contributed by atoms with E-state index in [1.807, 2.05) is 6.07 Å². The fourth-order valence-electron chi connectivity index (χ4n) is 3.21. The predicted octanol–water partition coefficient (Wildman–Crippen LogP) is 2.66. The molecule has 2 aromatic rings. The molecule has 2 aliphatic heterocycles. The number of rotatable bonds is 2. The summed E-state index contributed by atoms with van der Waals surface area (Å²) in [6, 6.07) is 7.19. The highest BCUT2D eigenvalue weighted by Crippen LogP contribution is 2.45. The fraction of sp³-hybridized carbons (Fsp3) is 0.263. The van der Waals surface area contributed by atoms with E-state index in [0.29, 0.717) is 28.3 Å². The number of ether oxygens (including phenoxy) is 1. The van der Waals surface area contributed by atoms with Crippen LogP contribution in [0.2, 0.25) is 0 Å². The molecule has 4 rings (SSSR count). The van der Waals surface area contributed by atoms with Crippen LogP contribution in [0, 0.1) is 17.1 Å². The minimum atomic E-state index is -3.47. The van der Waals surface area contributed by atoms with E-state index in [9.17, 15) is 13.2 Å². The van der Waals surface area contributed by atoms with Crippen molar-refractivity contribution < 1.29 is 17.9 Å². The maximum absolute atomic E-state index is 14.8. The zero-order valence-corrected chi connectivity index (χ0v) is 15.2. The van der Waals surface area contributed by atoms with Crippen LogP contribution >= 0.6 is 0 Å². The van der Waals surface area contributed by atoms with Crippen molar-refractivity contribution in [3.8, 4) is 6.07 Å². The van der Waals surface area contributed by atoms with Crippen LogP contribution in [0.15, 0.2) is 40.4 Å². The number of aliphatic imine (C=N–C) groups is 2. The molecule has 0 unspecified atom stereocenters. The number of nitriles is 1. The van der Waals surface area contributed by atoms with Gasteiger partial charge in [0.05, 0.1) is 12.1 Å². The first-order valence-electron chi connectivity index (χ1n) is 8.60. The molecule has 3 N–H and O–H groups in total. The largest absolute Gasteiger partial charge is 0.459 e. The van der Waals surface area contributed by atoms with Gasteiger partial charge >= 0.3 is 5.92 Å². The average molecular weight is 400 g/mol. The van der Waals surface area contributed by atoms with Crippen molar-refractivity contribution in [2.24, 2.45) is 15.7 Å². The number of nitrogens with two attached hydrogens (primary N) is 1. The van der Waals surface area contributed by atoms with Gasteiger partial charge in [-0.3, -0.25) is 9.98 Å². The van der Waals surface area contributed by atoms with Crippen molar-refractivity contribution in [3.63, 3.8) is 0 Å². The van der Waals surface area contributed by atoms with Gasteiger partial charge < -0.3 is 15.8 Å². The zero-order chi connectivity index (χ0) is 20.8. The lowest BCUT2D eigenvalue weighted by Gasteiger charge is -2.38. The molecule has 1 atom stereocenters. The van der Waals surface area contributed by atoms with Crippen LogP contribution in [0.3, 0.4) is 0 Å². The van der Waals surface area contributed by atoms with Crippen molar-refractivity contribution in [3.05, 3.63) is 58.7 Å². The SMILES string of the molecule is C[C@]1(c2cc3c(cc2F)CN=C(c2ccc(C#N)cn2)N3)N=C(N)OCC1(F)F. The van der Waals surface area contributed by atoms with E-state index in [-0.39, 0.29) is 12.1 Å². The normalized spacial score (nSPS) is 22.3. The summed E-state index contributed by atoms with van der Waals surface area (Å²) in [6.07, 6.45) is 1.40. The number of pyridine rings is 1. The third kappa shape index (κ3) is 3.04. The van der Waals surface area contributed by atoms with Gasteiger partial charge in [-0.15, -0.1) is 0 Å². The summed E-state index contributed by atoms with van der Waals surface area (Å²) < 4.78 is 48.6. The minimum absolute atomic E-state index is 0.137. The molecule has 7 nitrogen and oxygen atoms in total. The van der Waals surface area contributed by atoms with Crippen molar-refractivity contribution >= 4 is 17.5 Å². The molecular formula is C19H15F3N6O. The van der Waals surface area contributed by atoms with Crippen molar-refractivity contribution in [1.82, 2.24) is 4.98 Å². The van der Waals surface area contributed by atoms with Gasteiger partial charge in [-0.1, -0.05) is 0 Å². The Labute approximate surface area is 163 Å². The lowest BCUT2D eigenvalue weighted by atomic mass is 9.84. The van der Waals surface area contributed by atoms with E-state index in [2.05, 4.69) is 25.0 Å². The summed E-state index contributed by atoms with van der Waals surface area (Å²) >= 11 is 0. The summed E-state index contributed by atoms with van der Waals surface area (Å²) in [5.41, 5.74) is 4.71. The average Bonchev–Trinajstić information content (AvgIpc) is 2.70. The maximum Gasteiger partial charge on any atom is 0.310 e.